The lowest BCUT2D eigenvalue weighted by Crippen LogP contribution is -2.29. The summed E-state index contributed by atoms with van der Waals surface area (Å²) < 4.78 is 0. The molecule has 3 nitrogen and oxygen atoms in total. The van der Waals surface area contributed by atoms with Gasteiger partial charge in [0, 0.05) is 0 Å². The van der Waals surface area contributed by atoms with Crippen LogP contribution in [0.2, 0.25) is 0 Å². The second kappa shape index (κ2) is 5.56. The Morgan fingerprint density at radius 2 is 2.40 bits per heavy atom. The molecule has 0 aromatic heterocycles. The quantitative estimate of drug-likeness (QED) is 0.581. The summed E-state index contributed by atoms with van der Waals surface area (Å²) in [5.74, 6) is 0.0853. The number of hydrogen-bond acceptors (Lipinski definition) is 3. The van der Waals surface area contributed by atoms with Crippen LogP contribution in [0.1, 0.15) is 12.8 Å². The Morgan fingerprint density at radius 1 is 1.80 bits per heavy atom. The van der Waals surface area contributed by atoms with E-state index in [1.165, 1.54) is 0 Å². The molecule has 4 heteroatoms. The minimum Gasteiger partial charge on any atom is -0.480 e. The molecule has 0 radical (unpaired) electrons. The molecule has 0 saturated carbocycles. The van der Waals surface area contributed by atoms with Crippen LogP contribution in [-0.2, 0) is 4.79 Å². The summed E-state index contributed by atoms with van der Waals surface area (Å²) in [7, 11) is 0. The fourth-order valence-corrected chi connectivity index (χ4v) is 1.03. The molecule has 0 heterocycles. The molecule has 0 aliphatic rings. The Balaban J connectivity index is 3.21. The highest BCUT2D eigenvalue weighted by Crippen LogP contribution is 2.01. The maximum Gasteiger partial charge on any atom is 0.320 e. The van der Waals surface area contributed by atoms with Crippen LogP contribution in [0.4, 0.5) is 0 Å². The van der Waals surface area contributed by atoms with Crippen LogP contribution < -0.4 is 5.73 Å². The SMILES string of the molecule is CSCCCC(N)C(=O)O. The molecule has 3 N–H and O–H groups in total. The van der Waals surface area contributed by atoms with Gasteiger partial charge in [0.2, 0.25) is 0 Å². The van der Waals surface area contributed by atoms with E-state index in [1.54, 1.807) is 11.8 Å². The Bertz CT molecular complexity index is 108. The van der Waals surface area contributed by atoms with Crippen LogP contribution in [0.25, 0.3) is 0 Å². The zero-order valence-electron chi connectivity index (χ0n) is 6.04. The molecular formula is C6H13NO2S. The summed E-state index contributed by atoms with van der Waals surface area (Å²) in [6, 6.07) is -0.674. The van der Waals surface area contributed by atoms with Crippen molar-refractivity contribution in [3.63, 3.8) is 0 Å². The third-order valence-electron chi connectivity index (χ3n) is 1.18. The van der Waals surface area contributed by atoms with Crippen molar-refractivity contribution < 1.29 is 9.90 Å². The van der Waals surface area contributed by atoms with Gasteiger partial charge in [-0.1, -0.05) is 0 Å². The summed E-state index contributed by atoms with van der Waals surface area (Å²) in [4.78, 5) is 10.2. The number of thioether (sulfide) groups is 1. The predicted molar refractivity (Wildman–Crippen MR) is 43.2 cm³/mol. The van der Waals surface area contributed by atoms with Crippen molar-refractivity contribution in [2.45, 2.75) is 18.9 Å². The first-order chi connectivity index (χ1) is 4.68. The third-order valence-corrected chi connectivity index (χ3v) is 1.88. The fourth-order valence-electron chi connectivity index (χ4n) is 0.571. The molecule has 60 valence electrons. The van der Waals surface area contributed by atoms with Gasteiger partial charge in [-0.05, 0) is 24.9 Å². The molecule has 1 atom stereocenters. The zero-order valence-corrected chi connectivity index (χ0v) is 6.86. The second-order valence-electron chi connectivity index (χ2n) is 2.08. The van der Waals surface area contributed by atoms with Crippen LogP contribution in [0.5, 0.6) is 0 Å². The molecule has 0 bridgehead atoms. The zero-order chi connectivity index (χ0) is 7.98. The lowest BCUT2D eigenvalue weighted by molar-refractivity contribution is -0.138. The van der Waals surface area contributed by atoms with Crippen molar-refractivity contribution in [2.24, 2.45) is 5.73 Å². The smallest absolute Gasteiger partial charge is 0.320 e. The number of carboxylic acid groups (broad SMARTS) is 1. The molecule has 10 heavy (non-hydrogen) atoms. The van der Waals surface area contributed by atoms with Crippen molar-refractivity contribution in [2.75, 3.05) is 12.0 Å². The number of carboxylic acids is 1. The van der Waals surface area contributed by atoms with Crippen molar-refractivity contribution >= 4 is 17.7 Å². The highest BCUT2D eigenvalue weighted by atomic mass is 32.2. The van der Waals surface area contributed by atoms with E-state index in [4.69, 9.17) is 10.8 Å². The number of carbonyl (C=O) groups is 1. The summed E-state index contributed by atoms with van der Waals surface area (Å²) in [5, 5.41) is 8.35. The van der Waals surface area contributed by atoms with E-state index in [9.17, 15) is 4.79 Å². The van der Waals surface area contributed by atoms with Crippen LogP contribution in [0.15, 0.2) is 0 Å². The standard InChI is InChI=1S/C6H13NO2S/c1-10-4-2-3-5(7)6(8)9/h5H,2-4,7H2,1H3,(H,8,9). The minimum atomic E-state index is -0.902. The average molecular weight is 163 g/mol. The number of nitrogens with two attached hydrogens (primary N) is 1. The van der Waals surface area contributed by atoms with E-state index in [2.05, 4.69) is 0 Å². The van der Waals surface area contributed by atoms with E-state index in [0.717, 1.165) is 12.2 Å². The first-order valence-corrected chi connectivity index (χ1v) is 4.55. The van der Waals surface area contributed by atoms with Crippen molar-refractivity contribution in [1.29, 1.82) is 0 Å². The van der Waals surface area contributed by atoms with Gasteiger partial charge in [0.25, 0.3) is 0 Å². The van der Waals surface area contributed by atoms with Gasteiger partial charge < -0.3 is 10.8 Å². The average Bonchev–Trinajstić information content (AvgIpc) is 1.88. The van der Waals surface area contributed by atoms with E-state index in [1.807, 2.05) is 6.26 Å². The third kappa shape index (κ3) is 4.64. The number of hydrogen-bond donors (Lipinski definition) is 2. The lowest BCUT2D eigenvalue weighted by atomic mass is 10.2. The Labute approximate surface area is 65.0 Å². The highest BCUT2D eigenvalue weighted by Gasteiger charge is 2.09. The van der Waals surface area contributed by atoms with Crippen LogP contribution >= 0.6 is 11.8 Å². The fraction of sp³-hybridized carbons (Fsp3) is 0.833. The molecule has 0 rings (SSSR count). The summed E-state index contributed by atoms with van der Waals surface area (Å²) in [6.07, 6.45) is 3.46. The number of rotatable bonds is 5. The Kier molecular flexibility index (Phi) is 5.43. The van der Waals surface area contributed by atoms with Gasteiger partial charge in [-0.2, -0.15) is 11.8 Å². The maximum absolute atomic E-state index is 10.2. The molecule has 0 aromatic carbocycles. The van der Waals surface area contributed by atoms with E-state index in [-0.39, 0.29) is 0 Å². The van der Waals surface area contributed by atoms with Gasteiger partial charge >= 0.3 is 5.97 Å². The summed E-state index contributed by atoms with van der Waals surface area (Å²) in [5.41, 5.74) is 5.25. The Hall–Kier alpha value is -0.220. The first-order valence-electron chi connectivity index (χ1n) is 3.15. The molecule has 0 aliphatic heterocycles. The van der Waals surface area contributed by atoms with E-state index in [0.29, 0.717) is 6.42 Å². The highest BCUT2D eigenvalue weighted by molar-refractivity contribution is 7.98. The predicted octanol–water partition coefficient (Wildman–Crippen LogP) is 0.542. The van der Waals surface area contributed by atoms with Gasteiger partial charge in [-0.25, -0.2) is 0 Å². The second-order valence-corrected chi connectivity index (χ2v) is 3.07. The molecule has 1 unspecified atom stereocenters. The molecule has 0 spiro atoms. The molecule has 0 aliphatic carbocycles. The summed E-state index contributed by atoms with van der Waals surface area (Å²) in [6.45, 7) is 0. The van der Waals surface area contributed by atoms with Gasteiger partial charge in [0.15, 0.2) is 0 Å². The van der Waals surface area contributed by atoms with Crippen molar-refractivity contribution in [3.8, 4) is 0 Å². The molecule has 0 fully saturated rings. The van der Waals surface area contributed by atoms with Crippen LogP contribution in [0.3, 0.4) is 0 Å². The molecular weight excluding hydrogens is 150 g/mol. The van der Waals surface area contributed by atoms with Gasteiger partial charge in [0.1, 0.15) is 6.04 Å². The lowest BCUT2D eigenvalue weighted by Gasteiger charge is -2.03. The molecule has 0 amide bonds. The first kappa shape index (κ1) is 9.78. The van der Waals surface area contributed by atoms with E-state index >= 15 is 0 Å². The van der Waals surface area contributed by atoms with Crippen molar-refractivity contribution in [3.05, 3.63) is 0 Å². The molecule has 0 aromatic rings. The minimum absolute atomic E-state index is 0.580. The van der Waals surface area contributed by atoms with Crippen molar-refractivity contribution in [1.82, 2.24) is 0 Å². The largest absolute Gasteiger partial charge is 0.480 e. The normalized spacial score (nSPS) is 13.0. The number of aliphatic carboxylic acids is 1. The van der Waals surface area contributed by atoms with Gasteiger partial charge in [-0.15, -0.1) is 0 Å². The van der Waals surface area contributed by atoms with Gasteiger partial charge in [0.05, 0.1) is 0 Å². The van der Waals surface area contributed by atoms with Crippen LogP contribution in [-0.4, -0.2) is 29.1 Å². The maximum atomic E-state index is 10.2. The monoisotopic (exact) mass is 163 g/mol. The van der Waals surface area contributed by atoms with E-state index < -0.39 is 12.0 Å². The topological polar surface area (TPSA) is 63.3 Å². The van der Waals surface area contributed by atoms with Crippen LogP contribution in [0, 0.1) is 0 Å². The summed E-state index contributed by atoms with van der Waals surface area (Å²) >= 11 is 1.71. The molecule has 0 saturated heterocycles. The van der Waals surface area contributed by atoms with Gasteiger partial charge in [-0.3, -0.25) is 4.79 Å². The Morgan fingerprint density at radius 3 is 2.80 bits per heavy atom.